The standard InChI is InChI=1S/C21H26BrN5O3S/c1-16-23-9-6-20(24-16)25-10-7-17(8-11-25)14-26-12-13-27(15-21(26)28)31(29,30)19-4-2-18(22)3-5-19/h2-6,9,17H,7-8,10-15H2,1H3. The van der Waals surface area contributed by atoms with Gasteiger partial charge in [0.15, 0.2) is 0 Å². The molecule has 0 N–H and O–H groups in total. The summed E-state index contributed by atoms with van der Waals surface area (Å²) in [6.07, 6.45) is 3.74. The topological polar surface area (TPSA) is 86.7 Å². The van der Waals surface area contributed by atoms with Crippen LogP contribution in [0.1, 0.15) is 18.7 Å². The molecule has 0 unspecified atom stereocenters. The van der Waals surface area contributed by atoms with Gasteiger partial charge in [0.1, 0.15) is 11.6 Å². The highest BCUT2D eigenvalue weighted by atomic mass is 79.9. The van der Waals surface area contributed by atoms with Crippen LogP contribution in [-0.2, 0) is 14.8 Å². The van der Waals surface area contributed by atoms with Gasteiger partial charge in [-0.05, 0) is 56.0 Å². The van der Waals surface area contributed by atoms with Crippen molar-refractivity contribution in [2.75, 3.05) is 44.2 Å². The minimum absolute atomic E-state index is 0.0997. The molecule has 1 amide bonds. The first-order chi connectivity index (χ1) is 14.8. The van der Waals surface area contributed by atoms with Crippen LogP contribution >= 0.6 is 15.9 Å². The number of halogens is 1. The highest BCUT2D eigenvalue weighted by Gasteiger charge is 2.34. The lowest BCUT2D eigenvalue weighted by Crippen LogP contribution is -2.53. The second-order valence-electron chi connectivity index (χ2n) is 8.02. The first-order valence-electron chi connectivity index (χ1n) is 10.4. The van der Waals surface area contributed by atoms with E-state index in [1.165, 1.54) is 4.31 Å². The normalized spacial score (nSPS) is 19.1. The fourth-order valence-corrected chi connectivity index (χ4v) is 5.76. The largest absolute Gasteiger partial charge is 0.356 e. The van der Waals surface area contributed by atoms with Crippen LogP contribution in [0.4, 0.5) is 5.82 Å². The number of hydrogen-bond acceptors (Lipinski definition) is 6. The van der Waals surface area contributed by atoms with Gasteiger partial charge < -0.3 is 9.80 Å². The maximum Gasteiger partial charge on any atom is 0.243 e. The Morgan fingerprint density at radius 1 is 1.06 bits per heavy atom. The maximum absolute atomic E-state index is 12.9. The molecule has 2 aromatic rings. The third-order valence-electron chi connectivity index (χ3n) is 5.91. The summed E-state index contributed by atoms with van der Waals surface area (Å²) in [6.45, 7) is 5.01. The van der Waals surface area contributed by atoms with Crippen LogP contribution in [0.3, 0.4) is 0 Å². The number of carbonyl (C=O) groups is 1. The van der Waals surface area contributed by atoms with E-state index >= 15 is 0 Å². The van der Waals surface area contributed by atoms with Gasteiger partial charge >= 0.3 is 0 Å². The zero-order valence-electron chi connectivity index (χ0n) is 17.4. The minimum Gasteiger partial charge on any atom is -0.356 e. The van der Waals surface area contributed by atoms with E-state index in [1.54, 1.807) is 30.5 Å². The fraction of sp³-hybridized carbons (Fsp3) is 0.476. The number of hydrogen-bond donors (Lipinski definition) is 0. The zero-order valence-corrected chi connectivity index (χ0v) is 19.8. The van der Waals surface area contributed by atoms with Gasteiger partial charge in [-0.2, -0.15) is 4.31 Å². The van der Waals surface area contributed by atoms with Crippen LogP contribution in [0.2, 0.25) is 0 Å². The Kier molecular flexibility index (Phi) is 6.59. The molecule has 4 rings (SSSR count). The lowest BCUT2D eigenvalue weighted by atomic mass is 9.96. The number of piperazine rings is 1. The molecule has 2 aliphatic rings. The number of piperidine rings is 1. The second kappa shape index (κ2) is 9.22. The number of anilines is 1. The van der Waals surface area contributed by atoms with E-state index < -0.39 is 10.0 Å². The van der Waals surface area contributed by atoms with Crippen LogP contribution in [0.5, 0.6) is 0 Å². The number of benzene rings is 1. The second-order valence-corrected chi connectivity index (χ2v) is 10.9. The summed E-state index contributed by atoms with van der Waals surface area (Å²) in [6, 6.07) is 8.44. The predicted octanol–water partition coefficient (Wildman–Crippen LogP) is 2.30. The number of aromatic nitrogens is 2. The van der Waals surface area contributed by atoms with E-state index in [0.29, 0.717) is 25.6 Å². The quantitative estimate of drug-likeness (QED) is 0.616. The fourth-order valence-electron chi connectivity index (χ4n) is 4.12. The molecule has 0 aliphatic carbocycles. The molecule has 8 nitrogen and oxygen atoms in total. The monoisotopic (exact) mass is 507 g/mol. The smallest absolute Gasteiger partial charge is 0.243 e. The van der Waals surface area contributed by atoms with E-state index in [4.69, 9.17) is 0 Å². The average Bonchev–Trinajstić information content (AvgIpc) is 2.76. The summed E-state index contributed by atoms with van der Waals surface area (Å²) >= 11 is 3.31. The van der Waals surface area contributed by atoms with Gasteiger partial charge in [-0.3, -0.25) is 4.79 Å². The molecular weight excluding hydrogens is 482 g/mol. The third-order valence-corrected chi connectivity index (χ3v) is 8.30. The number of nitrogens with zero attached hydrogens (tertiary/aromatic N) is 5. The highest BCUT2D eigenvalue weighted by Crippen LogP contribution is 2.24. The Morgan fingerprint density at radius 2 is 1.77 bits per heavy atom. The predicted molar refractivity (Wildman–Crippen MR) is 121 cm³/mol. The summed E-state index contributed by atoms with van der Waals surface area (Å²) in [5, 5.41) is 0. The molecule has 2 aliphatic heterocycles. The molecule has 31 heavy (non-hydrogen) atoms. The molecule has 0 radical (unpaired) electrons. The van der Waals surface area contributed by atoms with E-state index in [1.807, 2.05) is 17.9 Å². The first-order valence-corrected chi connectivity index (χ1v) is 12.6. The molecule has 166 valence electrons. The summed E-state index contributed by atoms with van der Waals surface area (Å²) in [5.74, 6) is 2.01. The van der Waals surface area contributed by atoms with E-state index in [0.717, 1.165) is 42.0 Å². The van der Waals surface area contributed by atoms with Gasteiger partial charge in [0.25, 0.3) is 0 Å². The summed E-state index contributed by atoms with van der Waals surface area (Å²) in [4.78, 5) is 25.7. The van der Waals surface area contributed by atoms with Gasteiger partial charge in [-0.25, -0.2) is 18.4 Å². The van der Waals surface area contributed by atoms with Crippen LogP contribution in [0, 0.1) is 12.8 Å². The van der Waals surface area contributed by atoms with Gasteiger partial charge in [0, 0.05) is 43.4 Å². The minimum atomic E-state index is -3.66. The molecule has 0 spiro atoms. The lowest BCUT2D eigenvalue weighted by Gasteiger charge is -2.38. The Balaban J connectivity index is 1.31. The Hall–Kier alpha value is -2.04. The lowest BCUT2D eigenvalue weighted by molar-refractivity contribution is -0.134. The molecule has 2 saturated heterocycles. The Labute approximate surface area is 191 Å². The summed E-state index contributed by atoms with van der Waals surface area (Å²) < 4.78 is 27.8. The number of rotatable bonds is 5. The van der Waals surface area contributed by atoms with Gasteiger partial charge in [0.2, 0.25) is 15.9 Å². The van der Waals surface area contributed by atoms with Crippen molar-refractivity contribution in [1.29, 1.82) is 0 Å². The number of carbonyl (C=O) groups excluding carboxylic acids is 1. The Morgan fingerprint density at radius 3 is 2.42 bits per heavy atom. The van der Waals surface area contributed by atoms with Crippen molar-refractivity contribution in [2.24, 2.45) is 5.92 Å². The number of sulfonamides is 1. The summed E-state index contributed by atoms with van der Waals surface area (Å²) in [5.41, 5.74) is 0. The van der Waals surface area contributed by atoms with Crippen molar-refractivity contribution in [3.8, 4) is 0 Å². The molecule has 0 saturated carbocycles. The maximum atomic E-state index is 12.9. The summed E-state index contributed by atoms with van der Waals surface area (Å²) in [7, 11) is -3.66. The number of aryl methyl sites for hydroxylation is 1. The Bertz CT molecular complexity index is 1040. The van der Waals surface area contributed by atoms with Crippen LogP contribution in [0.25, 0.3) is 0 Å². The average molecular weight is 508 g/mol. The number of amides is 1. The SMILES string of the molecule is Cc1nccc(N2CCC(CN3CCN(S(=O)(=O)c4ccc(Br)cc4)CC3=O)CC2)n1. The molecule has 10 heteroatoms. The van der Waals surface area contributed by atoms with E-state index in [-0.39, 0.29) is 17.3 Å². The van der Waals surface area contributed by atoms with E-state index in [9.17, 15) is 13.2 Å². The molecule has 0 atom stereocenters. The molecule has 1 aromatic heterocycles. The first kappa shape index (κ1) is 22.2. The zero-order chi connectivity index (χ0) is 22.0. The van der Waals surface area contributed by atoms with Gasteiger partial charge in [-0.15, -0.1) is 0 Å². The molecule has 2 fully saturated rings. The van der Waals surface area contributed by atoms with Crippen molar-refractivity contribution in [2.45, 2.75) is 24.7 Å². The van der Waals surface area contributed by atoms with Crippen molar-refractivity contribution in [3.05, 3.63) is 46.8 Å². The van der Waals surface area contributed by atoms with Gasteiger partial charge in [0.05, 0.1) is 11.4 Å². The van der Waals surface area contributed by atoms with Crippen LogP contribution in [0.15, 0.2) is 45.9 Å². The van der Waals surface area contributed by atoms with E-state index in [2.05, 4.69) is 30.8 Å². The van der Waals surface area contributed by atoms with Gasteiger partial charge in [-0.1, -0.05) is 15.9 Å². The van der Waals surface area contributed by atoms with Crippen molar-refractivity contribution >= 4 is 37.7 Å². The molecule has 3 heterocycles. The molecule has 1 aromatic carbocycles. The van der Waals surface area contributed by atoms with Crippen molar-refractivity contribution in [1.82, 2.24) is 19.2 Å². The van der Waals surface area contributed by atoms with Crippen molar-refractivity contribution in [3.63, 3.8) is 0 Å². The van der Waals surface area contributed by atoms with Crippen LogP contribution < -0.4 is 4.90 Å². The van der Waals surface area contributed by atoms with Crippen LogP contribution in [-0.4, -0.2) is 72.8 Å². The molecule has 0 bridgehead atoms. The highest BCUT2D eigenvalue weighted by molar-refractivity contribution is 9.10. The molecular formula is C21H26BrN5O3S. The van der Waals surface area contributed by atoms with Crippen molar-refractivity contribution < 1.29 is 13.2 Å². The third kappa shape index (κ3) is 5.07.